The van der Waals surface area contributed by atoms with E-state index in [9.17, 15) is 9.59 Å². The Bertz CT molecular complexity index is 838. The number of fused-ring (bicyclic) bond motifs is 1. The monoisotopic (exact) mass is 417 g/mol. The van der Waals surface area contributed by atoms with Gasteiger partial charge >= 0.3 is 0 Å². The van der Waals surface area contributed by atoms with Gasteiger partial charge in [-0.05, 0) is 19.4 Å². The van der Waals surface area contributed by atoms with Gasteiger partial charge in [-0.3, -0.25) is 19.4 Å². The van der Waals surface area contributed by atoms with Crippen LogP contribution in [0.1, 0.15) is 33.3 Å². The minimum absolute atomic E-state index is 0.1000. The molecule has 4 heterocycles. The van der Waals surface area contributed by atoms with Crippen LogP contribution >= 0.6 is 0 Å². The number of morpholine rings is 1. The molecule has 0 spiro atoms. The second kappa shape index (κ2) is 8.42. The fraction of sp³-hybridized carbons (Fsp3) is 0.727. The van der Waals surface area contributed by atoms with Gasteiger partial charge in [0.05, 0.1) is 25.4 Å². The second-order valence-electron chi connectivity index (χ2n) is 9.77. The third-order valence-corrected chi connectivity index (χ3v) is 6.79. The summed E-state index contributed by atoms with van der Waals surface area (Å²) in [5, 5.41) is 3.58. The number of nitrogens with one attached hydrogen (secondary N) is 2. The minimum atomic E-state index is -0.224. The molecular formula is C22H35N5O3. The van der Waals surface area contributed by atoms with E-state index in [4.69, 9.17) is 4.74 Å². The van der Waals surface area contributed by atoms with Gasteiger partial charge in [0.1, 0.15) is 0 Å². The molecule has 0 aliphatic carbocycles. The molecule has 0 saturated carbocycles. The van der Waals surface area contributed by atoms with E-state index in [0.717, 1.165) is 50.6 Å². The summed E-state index contributed by atoms with van der Waals surface area (Å²) in [6.07, 6.45) is 1.69. The number of nitrogens with zero attached hydrogens (tertiary/aromatic N) is 3. The predicted octanol–water partition coefficient (Wildman–Crippen LogP) is 0.382. The molecule has 1 aromatic heterocycles. The smallest absolute Gasteiger partial charge is 0.248 e. The van der Waals surface area contributed by atoms with Crippen LogP contribution in [0.15, 0.2) is 17.1 Å². The first-order valence-corrected chi connectivity index (χ1v) is 11.1. The highest BCUT2D eigenvalue weighted by molar-refractivity contribution is 5.97. The highest BCUT2D eigenvalue weighted by Crippen LogP contribution is 2.39. The van der Waals surface area contributed by atoms with E-state index in [1.54, 1.807) is 12.3 Å². The van der Waals surface area contributed by atoms with Crippen molar-refractivity contribution in [2.24, 2.45) is 0 Å². The first-order valence-electron chi connectivity index (χ1n) is 11.1. The van der Waals surface area contributed by atoms with Crippen LogP contribution in [0.3, 0.4) is 0 Å². The summed E-state index contributed by atoms with van der Waals surface area (Å²) in [4.78, 5) is 34.6. The number of carbonyl (C=O) groups is 1. The van der Waals surface area contributed by atoms with Crippen LogP contribution in [-0.2, 0) is 14.9 Å². The Morgan fingerprint density at radius 1 is 1.30 bits per heavy atom. The zero-order valence-electron chi connectivity index (χ0n) is 18.6. The van der Waals surface area contributed by atoms with Crippen molar-refractivity contribution < 1.29 is 9.53 Å². The number of pyridine rings is 1. The van der Waals surface area contributed by atoms with Crippen LogP contribution in [-0.4, -0.2) is 91.3 Å². The average molecular weight is 418 g/mol. The number of H-pyrrole nitrogens is 1. The van der Waals surface area contributed by atoms with E-state index in [1.807, 2.05) is 4.90 Å². The lowest BCUT2D eigenvalue weighted by atomic mass is 9.88. The largest absolute Gasteiger partial charge is 0.379 e. The Labute approximate surface area is 178 Å². The summed E-state index contributed by atoms with van der Waals surface area (Å²) >= 11 is 0. The number of aromatic amines is 1. The summed E-state index contributed by atoms with van der Waals surface area (Å²) in [6.45, 7) is 14.7. The normalized spacial score (nSPS) is 29.7. The Hall–Kier alpha value is -1.74. The van der Waals surface area contributed by atoms with Crippen molar-refractivity contribution in [1.82, 2.24) is 20.1 Å². The van der Waals surface area contributed by atoms with Crippen molar-refractivity contribution in [2.45, 2.75) is 51.2 Å². The molecule has 0 radical (unpaired) electrons. The number of aromatic nitrogens is 1. The number of hydrogen-bond acceptors (Lipinski definition) is 6. The fourth-order valence-electron chi connectivity index (χ4n) is 4.99. The average Bonchev–Trinajstić information content (AvgIpc) is 2.96. The van der Waals surface area contributed by atoms with E-state index in [1.165, 1.54) is 0 Å². The lowest BCUT2D eigenvalue weighted by molar-refractivity contribution is -0.121. The molecule has 0 aromatic carbocycles. The maximum atomic E-state index is 13.4. The first-order chi connectivity index (χ1) is 14.2. The molecular weight excluding hydrogens is 382 g/mol. The van der Waals surface area contributed by atoms with Crippen LogP contribution < -0.4 is 15.8 Å². The standard InChI is InChI=1S/C22H35N5O3/c1-15-10-26(17(8-23-15)11-25-5-6-30-13-16(25)2)12-21(29)27-14-22(3,4)18-7-20(28)24-9-19(18)27/h7,9,15-17,23H,5-6,8,10-14H2,1-4H3,(H,24,28)/t15?,16?,17-/m1/s1. The molecule has 2 fully saturated rings. The van der Waals surface area contributed by atoms with Crippen molar-refractivity contribution in [2.75, 3.05) is 57.4 Å². The predicted molar refractivity (Wildman–Crippen MR) is 117 cm³/mol. The molecule has 0 bridgehead atoms. The van der Waals surface area contributed by atoms with Gasteiger partial charge in [-0.15, -0.1) is 0 Å². The SMILES string of the molecule is CC1CN(CC(=O)N2CC(C)(C)c3cc(=O)[nH]cc32)[C@@H](CN2CCOCC2C)CN1. The number of anilines is 1. The molecule has 3 aliphatic heterocycles. The summed E-state index contributed by atoms with van der Waals surface area (Å²) in [7, 11) is 0. The van der Waals surface area contributed by atoms with Crippen molar-refractivity contribution in [1.29, 1.82) is 0 Å². The highest BCUT2D eigenvalue weighted by Gasteiger charge is 2.40. The number of carbonyl (C=O) groups excluding carboxylic acids is 1. The molecule has 4 rings (SSSR count). The lowest BCUT2D eigenvalue weighted by Gasteiger charge is -2.43. The van der Waals surface area contributed by atoms with Crippen LogP contribution in [0, 0.1) is 0 Å². The van der Waals surface area contributed by atoms with Crippen LogP contribution in [0.25, 0.3) is 0 Å². The molecule has 166 valence electrons. The van der Waals surface area contributed by atoms with Crippen LogP contribution in [0.2, 0.25) is 0 Å². The van der Waals surface area contributed by atoms with Gasteiger partial charge in [-0.25, -0.2) is 0 Å². The Balaban J connectivity index is 1.48. The number of amides is 1. The van der Waals surface area contributed by atoms with Gasteiger partial charge in [-0.1, -0.05) is 13.8 Å². The molecule has 2 unspecified atom stereocenters. The van der Waals surface area contributed by atoms with E-state index < -0.39 is 0 Å². The van der Waals surface area contributed by atoms with Gasteiger partial charge < -0.3 is 19.9 Å². The van der Waals surface area contributed by atoms with E-state index in [0.29, 0.717) is 25.2 Å². The minimum Gasteiger partial charge on any atom is -0.379 e. The first kappa shape index (κ1) is 21.5. The van der Waals surface area contributed by atoms with Crippen LogP contribution in [0.4, 0.5) is 5.69 Å². The molecule has 30 heavy (non-hydrogen) atoms. The molecule has 2 N–H and O–H groups in total. The van der Waals surface area contributed by atoms with E-state index in [2.05, 4.69) is 47.8 Å². The summed E-state index contributed by atoms with van der Waals surface area (Å²) in [6, 6.07) is 2.68. The van der Waals surface area contributed by atoms with Gasteiger partial charge in [0.2, 0.25) is 11.5 Å². The molecule has 2 saturated heterocycles. The van der Waals surface area contributed by atoms with Gasteiger partial charge in [0.25, 0.3) is 0 Å². The summed E-state index contributed by atoms with van der Waals surface area (Å²) in [5.74, 6) is 0.1000. The lowest BCUT2D eigenvalue weighted by Crippen LogP contribution is -2.62. The van der Waals surface area contributed by atoms with Crippen molar-refractivity contribution in [3.8, 4) is 0 Å². The summed E-state index contributed by atoms with van der Waals surface area (Å²) < 4.78 is 5.58. The Morgan fingerprint density at radius 3 is 2.87 bits per heavy atom. The maximum Gasteiger partial charge on any atom is 0.248 e. The number of rotatable bonds is 4. The van der Waals surface area contributed by atoms with E-state index >= 15 is 0 Å². The zero-order chi connectivity index (χ0) is 21.5. The Kier molecular flexibility index (Phi) is 6.03. The zero-order valence-corrected chi connectivity index (χ0v) is 18.6. The molecule has 8 nitrogen and oxygen atoms in total. The number of ether oxygens (including phenoxy) is 1. The van der Waals surface area contributed by atoms with Gasteiger partial charge in [-0.2, -0.15) is 0 Å². The highest BCUT2D eigenvalue weighted by atomic mass is 16.5. The third-order valence-electron chi connectivity index (χ3n) is 6.79. The van der Waals surface area contributed by atoms with Crippen LogP contribution in [0.5, 0.6) is 0 Å². The second-order valence-corrected chi connectivity index (χ2v) is 9.77. The number of piperazine rings is 1. The van der Waals surface area contributed by atoms with Crippen molar-refractivity contribution in [3.05, 3.63) is 28.2 Å². The fourth-order valence-corrected chi connectivity index (χ4v) is 4.99. The molecule has 1 amide bonds. The third kappa shape index (κ3) is 4.32. The topological polar surface area (TPSA) is 80.9 Å². The van der Waals surface area contributed by atoms with Gasteiger partial charge in [0.15, 0.2) is 0 Å². The van der Waals surface area contributed by atoms with Crippen molar-refractivity contribution in [3.63, 3.8) is 0 Å². The quantitative estimate of drug-likeness (QED) is 0.737. The van der Waals surface area contributed by atoms with E-state index in [-0.39, 0.29) is 22.9 Å². The van der Waals surface area contributed by atoms with Gasteiger partial charge in [0, 0.05) is 68.5 Å². The van der Waals surface area contributed by atoms with Crippen molar-refractivity contribution >= 4 is 11.6 Å². The Morgan fingerprint density at radius 2 is 2.10 bits per heavy atom. The maximum absolute atomic E-state index is 13.4. The molecule has 3 atom stereocenters. The molecule has 8 heteroatoms. The molecule has 1 aromatic rings. The summed E-state index contributed by atoms with van der Waals surface area (Å²) in [5.41, 5.74) is 1.45. The number of hydrogen-bond donors (Lipinski definition) is 2. The molecule has 3 aliphatic rings.